The van der Waals surface area contributed by atoms with E-state index in [2.05, 4.69) is 19.7 Å². The van der Waals surface area contributed by atoms with Crippen molar-refractivity contribution < 1.29 is 22.9 Å². The smallest absolute Gasteiger partial charge is 0.322 e. The molecule has 2 N–H and O–H groups in total. The quantitative estimate of drug-likeness (QED) is 0.687. The van der Waals surface area contributed by atoms with E-state index in [-0.39, 0.29) is 22.3 Å². The first-order valence-corrected chi connectivity index (χ1v) is 8.46. The molecule has 0 amide bonds. The Morgan fingerprint density at radius 3 is 2.58 bits per heavy atom. The maximum absolute atomic E-state index is 12.6. The van der Waals surface area contributed by atoms with Crippen molar-refractivity contribution in [3.63, 3.8) is 0 Å². The van der Waals surface area contributed by atoms with E-state index in [4.69, 9.17) is 0 Å². The normalized spacial score (nSPS) is 13.0. The summed E-state index contributed by atoms with van der Waals surface area (Å²) in [6, 6.07) is 11.8. The van der Waals surface area contributed by atoms with Crippen molar-refractivity contribution in [2.75, 3.05) is 0 Å². The Hall–Kier alpha value is -2.78. The lowest BCUT2D eigenvalue weighted by atomic mass is 10.1. The largest absolute Gasteiger partial charge is 0.480 e. The number of carbonyl (C=O) groups is 1. The van der Waals surface area contributed by atoms with Crippen LogP contribution in [0.1, 0.15) is 5.56 Å². The molecular formula is C15H13N3O5S. The molecule has 0 aliphatic rings. The van der Waals surface area contributed by atoms with Gasteiger partial charge in [-0.15, -0.1) is 0 Å². The zero-order chi connectivity index (χ0) is 17.2. The van der Waals surface area contributed by atoms with Crippen molar-refractivity contribution in [2.24, 2.45) is 0 Å². The molecule has 124 valence electrons. The summed E-state index contributed by atoms with van der Waals surface area (Å²) in [6.07, 6.45) is 0.0163. The van der Waals surface area contributed by atoms with Gasteiger partial charge in [0.05, 0.1) is 0 Å². The van der Waals surface area contributed by atoms with E-state index in [1.165, 1.54) is 12.1 Å². The van der Waals surface area contributed by atoms with Crippen LogP contribution in [0.5, 0.6) is 0 Å². The number of hydrogen-bond acceptors (Lipinski definition) is 6. The summed E-state index contributed by atoms with van der Waals surface area (Å²) in [5.74, 6) is -1.27. The second-order valence-electron chi connectivity index (χ2n) is 5.09. The fourth-order valence-corrected chi connectivity index (χ4v) is 3.62. The van der Waals surface area contributed by atoms with Crippen LogP contribution in [0.15, 0.2) is 58.1 Å². The Morgan fingerprint density at radius 2 is 1.88 bits per heavy atom. The van der Waals surface area contributed by atoms with E-state index >= 15 is 0 Å². The number of rotatable bonds is 6. The van der Waals surface area contributed by atoms with Gasteiger partial charge in [-0.25, -0.2) is 13.0 Å². The van der Waals surface area contributed by atoms with Crippen LogP contribution in [0.3, 0.4) is 0 Å². The zero-order valence-electron chi connectivity index (χ0n) is 12.3. The topological polar surface area (TPSA) is 122 Å². The average molecular weight is 347 g/mol. The van der Waals surface area contributed by atoms with E-state index < -0.39 is 22.0 Å². The first kappa shape index (κ1) is 16.1. The number of nitrogens with zero attached hydrogens (tertiary/aromatic N) is 2. The lowest BCUT2D eigenvalue weighted by molar-refractivity contribution is -0.138. The Morgan fingerprint density at radius 1 is 1.12 bits per heavy atom. The van der Waals surface area contributed by atoms with Crippen molar-refractivity contribution in [2.45, 2.75) is 17.4 Å². The van der Waals surface area contributed by atoms with Gasteiger partial charge in [0, 0.05) is 0 Å². The molecular weight excluding hydrogens is 334 g/mol. The molecule has 3 aromatic rings. The van der Waals surface area contributed by atoms with Crippen molar-refractivity contribution >= 4 is 27.0 Å². The van der Waals surface area contributed by atoms with Crippen LogP contribution in [0.4, 0.5) is 0 Å². The highest BCUT2D eigenvalue weighted by atomic mass is 32.2. The third kappa shape index (κ3) is 3.26. The van der Waals surface area contributed by atoms with Crippen LogP contribution in [-0.2, 0) is 21.2 Å². The fourth-order valence-electron chi connectivity index (χ4n) is 2.28. The average Bonchev–Trinajstić information content (AvgIpc) is 3.03. The highest BCUT2D eigenvalue weighted by molar-refractivity contribution is 7.89. The highest BCUT2D eigenvalue weighted by Gasteiger charge is 2.28. The van der Waals surface area contributed by atoms with Crippen LogP contribution < -0.4 is 4.72 Å². The minimum atomic E-state index is -4.11. The molecule has 1 heterocycles. The van der Waals surface area contributed by atoms with Crippen LogP contribution in [0.2, 0.25) is 0 Å². The predicted octanol–water partition coefficient (Wildman–Crippen LogP) is 1.20. The van der Waals surface area contributed by atoms with Crippen LogP contribution in [0, 0.1) is 0 Å². The fraction of sp³-hybridized carbons (Fsp3) is 0.133. The Kier molecular flexibility index (Phi) is 4.28. The van der Waals surface area contributed by atoms with Gasteiger partial charge in [-0.05, 0) is 34.4 Å². The van der Waals surface area contributed by atoms with Crippen LogP contribution in [0.25, 0.3) is 11.0 Å². The van der Waals surface area contributed by atoms with Gasteiger partial charge in [-0.2, -0.15) is 4.72 Å². The van der Waals surface area contributed by atoms with Gasteiger partial charge >= 0.3 is 5.97 Å². The van der Waals surface area contributed by atoms with Crippen LogP contribution >= 0.6 is 0 Å². The zero-order valence-corrected chi connectivity index (χ0v) is 13.1. The third-order valence-corrected chi connectivity index (χ3v) is 4.92. The Bertz CT molecular complexity index is 969. The Labute approximate surface area is 137 Å². The lowest BCUT2D eigenvalue weighted by Gasteiger charge is -2.15. The number of aliphatic carboxylic acids is 1. The van der Waals surface area contributed by atoms with Gasteiger partial charge < -0.3 is 5.11 Å². The summed E-state index contributed by atoms with van der Waals surface area (Å²) in [7, 11) is -4.11. The van der Waals surface area contributed by atoms with E-state index in [0.717, 1.165) is 0 Å². The number of hydrogen-bond donors (Lipinski definition) is 2. The van der Waals surface area contributed by atoms with Crippen LogP contribution in [-0.4, -0.2) is 35.8 Å². The van der Waals surface area contributed by atoms with E-state index in [1.807, 2.05) is 0 Å². The number of carboxylic acid groups (broad SMARTS) is 1. The molecule has 24 heavy (non-hydrogen) atoms. The predicted molar refractivity (Wildman–Crippen MR) is 83.7 cm³/mol. The van der Waals surface area contributed by atoms with E-state index in [1.54, 1.807) is 36.4 Å². The molecule has 3 rings (SSSR count). The molecule has 0 bridgehead atoms. The number of carboxylic acids is 1. The molecule has 8 nitrogen and oxygen atoms in total. The maximum atomic E-state index is 12.6. The van der Waals surface area contributed by atoms with Crippen molar-refractivity contribution in [1.82, 2.24) is 15.0 Å². The molecule has 0 radical (unpaired) electrons. The lowest BCUT2D eigenvalue weighted by Crippen LogP contribution is -2.42. The van der Waals surface area contributed by atoms with Crippen molar-refractivity contribution in [1.29, 1.82) is 0 Å². The number of fused-ring (bicyclic) bond motifs is 1. The van der Waals surface area contributed by atoms with Gasteiger partial charge in [-0.3, -0.25) is 4.79 Å². The molecule has 1 atom stereocenters. The second-order valence-corrected chi connectivity index (χ2v) is 6.77. The summed E-state index contributed by atoms with van der Waals surface area (Å²) in [6.45, 7) is 0. The molecule has 0 fully saturated rings. The van der Waals surface area contributed by atoms with Gasteiger partial charge in [0.2, 0.25) is 10.0 Å². The standard InChI is InChI=1S/C15H13N3O5S/c19-15(20)12(9-10-5-2-1-3-6-10)18-24(21,22)13-8-4-7-11-14(13)17-23-16-11/h1-8,12,18H,9H2,(H,19,20)/t12-/m0/s1. The molecule has 2 aromatic carbocycles. The van der Waals surface area contributed by atoms with Crippen molar-refractivity contribution in [3.8, 4) is 0 Å². The van der Waals surface area contributed by atoms with Crippen molar-refractivity contribution in [3.05, 3.63) is 54.1 Å². The summed E-state index contributed by atoms with van der Waals surface area (Å²) < 4.78 is 31.9. The third-order valence-electron chi connectivity index (χ3n) is 3.42. The maximum Gasteiger partial charge on any atom is 0.322 e. The number of aromatic nitrogens is 2. The second kappa shape index (κ2) is 6.38. The summed E-state index contributed by atoms with van der Waals surface area (Å²) in [4.78, 5) is 11.3. The first-order valence-electron chi connectivity index (χ1n) is 6.98. The summed E-state index contributed by atoms with van der Waals surface area (Å²) >= 11 is 0. The molecule has 0 saturated heterocycles. The van der Waals surface area contributed by atoms with Gasteiger partial charge in [0.25, 0.3) is 0 Å². The number of sulfonamides is 1. The molecule has 1 aromatic heterocycles. The summed E-state index contributed by atoms with van der Waals surface area (Å²) in [5, 5.41) is 16.5. The molecule has 0 aliphatic carbocycles. The molecule has 0 saturated carbocycles. The molecule has 0 aliphatic heterocycles. The first-order chi connectivity index (χ1) is 11.5. The van der Waals surface area contributed by atoms with Gasteiger partial charge in [-0.1, -0.05) is 36.4 Å². The Balaban J connectivity index is 1.91. The number of nitrogens with one attached hydrogen (secondary N) is 1. The van der Waals surface area contributed by atoms with E-state index in [9.17, 15) is 18.3 Å². The van der Waals surface area contributed by atoms with Gasteiger partial charge in [0.15, 0.2) is 5.52 Å². The minimum absolute atomic E-state index is 0.0163. The van der Waals surface area contributed by atoms with E-state index in [0.29, 0.717) is 5.56 Å². The van der Waals surface area contributed by atoms with Gasteiger partial charge in [0.1, 0.15) is 16.5 Å². The summed E-state index contributed by atoms with van der Waals surface area (Å²) in [5.41, 5.74) is 1.02. The minimum Gasteiger partial charge on any atom is -0.480 e. The molecule has 0 spiro atoms. The SMILES string of the molecule is O=C(O)[C@H](Cc1ccccc1)NS(=O)(=O)c1cccc2nonc12. The monoisotopic (exact) mass is 347 g/mol. The highest BCUT2D eigenvalue weighted by Crippen LogP contribution is 2.20. The molecule has 0 unspecified atom stereocenters. The number of benzene rings is 2. The molecule has 9 heteroatoms.